The van der Waals surface area contributed by atoms with Crippen molar-refractivity contribution in [1.29, 1.82) is 0 Å². The molecular weight excluding hydrogens is 242 g/mol. The molecule has 0 bridgehead atoms. The zero-order valence-electron chi connectivity index (χ0n) is 12.3. The van der Waals surface area contributed by atoms with Gasteiger partial charge in [-0.2, -0.15) is 0 Å². The monoisotopic (exact) mass is 265 g/mol. The zero-order chi connectivity index (χ0) is 14.4. The Hall–Kier alpha value is -1.55. The fraction of sp³-hybridized carbons (Fsp3) is 0.533. The van der Waals surface area contributed by atoms with Crippen molar-refractivity contribution in [3.8, 4) is 5.75 Å². The second kappa shape index (κ2) is 7.14. The Balaban J connectivity index is 2.58. The highest BCUT2D eigenvalue weighted by Crippen LogP contribution is 2.17. The highest BCUT2D eigenvalue weighted by atomic mass is 16.5. The van der Waals surface area contributed by atoms with Crippen molar-refractivity contribution in [2.45, 2.75) is 39.8 Å². The van der Waals surface area contributed by atoms with Gasteiger partial charge in [0.25, 0.3) is 5.91 Å². The molecule has 0 aliphatic heterocycles. The molecule has 1 N–H and O–H groups in total. The van der Waals surface area contributed by atoms with E-state index in [0.717, 1.165) is 16.9 Å². The minimum atomic E-state index is -0.527. The number of nitrogens with one attached hydrogen (secondary N) is 1. The Labute approximate surface area is 115 Å². The first kappa shape index (κ1) is 15.5. The summed E-state index contributed by atoms with van der Waals surface area (Å²) >= 11 is 0. The molecular formula is C15H23NO3. The molecule has 1 aromatic carbocycles. The van der Waals surface area contributed by atoms with Crippen LogP contribution in [0.3, 0.4) is 0 Å². The molecule has 0 saturated carbocycles. The summed E-state index contributed by atoms with van der Waals surface area (Å²) in [5, 5.41) is 2.84. The third-order valence-electron chi connectivity index (χ3n) is 2.68. The van der Waals surface area contributed by atoms with E-state index >= 15 is 0 Å². The summed E-state index contributed by atoms with van der Waals surface area (Å²) in [6, 6.07) is 5.89. The summed E-state index contributed by atoms with van der Waals surface area (Å²) in [4.78, 5) is 11.9. The van der Waals surface area contributed by atoms with Gasteiger partial charge in [-0.05, 0) is 51.0 Å². The van der Waals surface area contributed by atoms with Gasteiger partial charge in [-0.25, -0.2) is 0 Å². The third kappa shape index (κ3) is 5.30. The number of hydrogen-bond donors (Lipinski definition) is 1. The van der Waals surface area contributed by atoms with Crippen molar-refractivity contribution in [2.24, 2.45) is 0 Å². The van der Waals surface area contributed by atoms with Crippen molar-refractivity contribution < 1.29 is 14.3 Å². The highest BCUT2D eigenvalue weighted by Gasteiger charge is 2.16. The van der Waals surface area contributed by atoms with Crippen LogP contribution in [0.5, 0.6) is 5.75 Å². The van der Waals surface area contributed by atoms with Gasteiger partial charge in [-0.15, -0.1) is 0 Å². The first-order valence-corrected chi connectivity index (χ1v) is 6.46. The molecule has 1 amide bonds. The Bertz CT molecular complexity index is 411. The minimum absolute atomic E-state index is 0.0252. The van der Waals surface area contributed by atoms with Crippen LogP contribution in [0.25, 0.3) is 0 Å². The van der Waals surface area contributed by atoms with Crippen LogP contribution in [-0.2, 0) is 9.53 Å². The lowest BCUT2D eigenvalue weighted by Crippen LogP contribution is -2.43. The van der Waals surface area contributed by atoms with Crippen LogP contribution in [0, 0.1) is 13.8 Å². The predicted molar refractivity (Wildman–Crippen MR) is 75.5 cm³/mol. The van der Waals surface area contributed by atoms with E-state index in [1.165, 1.54) is 0 Å². The molecule has 2 atom stereocenters. The van der Waals surface area contributed by atoms with Crippen molar-refractivity contribution in [3.05, 3.63) is 29.3 Å². The standard InChI is InChI=1S/C15H23NO3/c1-10-6-11(2)8-14(7-10)19-13(4)15(17)16-12(3)9-18-5/h6-8,12-13H,9H2,1-5H3,(H,16,17)/t12-,13-/m1/s1. The van der Waals surface area contributed by atoms with Gasteiger partial charge in [0.2, 0.25) is 0 Å². The molecule has 0 aliphatic rings. The predicted octanol–water partition coefficient (Wildman–Crippen LogP) is 2.22. The third-order valence-corrected chi connectivity index (χ3v) is 2.68. The highest BCUT2D eigenvalue weighted by molar-refractivity contribution is 5.81. The van der Waals surface area contributed by atoms with Crippen LogP contribution < -0.4 is 10.1 Å². The van der Waals surface area contributed by atoms with Crippen molar-refractivity contribution in [2.75, 3.05) is 13.7 Å². The molecule has 19 heavy (non-hydrogen) atoms. The molecule has 106 valence electrons. The molecule has 1 rings (SSSR count). The van der Waals surface area contributed by atoms with Crippen LogP contribution >= 0.6 is 0 Å². The number of methoxy groups -OCH3 is 1. The lowest BCUT2D eigenvalue weighted by atomic mass is 10.1. The van der Waals surface area contributed by atoms with Crippen LogP contribution in [0.2, 0.25) is 0 Å². The van der Waals surface area contributed by atoms with Gasteiger partial charge < -0.3 is 14.8 Å². The maximum atomic E-state index is 11.9. The van der Waals surface area contributed by atoms with E-state index in [9.17, 15) is 4.79 Å². The van der Waals surface area contributed by atoms with Gasteiger partial charge in [-0.3, -0.25) is 4.79 Å². The van der Waals surface area contributed by atoms with Crippen molar-refractivity contribution in [3.63, 3.8) is 0 Å². The second-order valence-corrected chi connectivity index (χ2v) is 4.95. The quantitative estimate of drug-likeness (QED) is 0.858. The molecule has 0 radical (unpaired) electrons. The van der Waals surface area contributed by atoms with Gasteiger partial charge in [0.15, 0.2) is 6.10 Å². The number of carbonyl (C=O) groups excluding carboxylic acids is 1. The SMILES string of the molecule is COC[C@@H](C)NC(=O)[C@@H](C)Oc1cc(C)cc(C)c1. The van der Waals surface area contributed by atoms with E-state index in [-0.39, 0.29) is 11.9 Å². The topological polar surface area (TPSA) is 47.6 Å². The number of carbonyl (C=O) groups is 1. The molecule has 4 heteroatoms. The Morgan fingerprint density at radius 1 is 1.21 bits per heavy atom. The zero-order valence-corrected chi connectivity index (χ0v) is 12.3. The number of ether oxygens (including phenoxy) is 2. The van der Waals surface area contributed by atoms with Gasteiger partial charge in [0.05, 0.1) is 6.61 Å². The average molecular weight is 265 g/mol. The summed E-state index contributed by atoms with van der Waals surface area (Å²) in [6.45, 7) is 8.13. The second-order valence-electron chi connectivity index (χ2n) is 4.95. The van der Waals surface area contributed by atoms with E-state index in [4.69, 9.17) is 9.47 Å². The number of rotatable bonds is 6. The molecule has 1 aromatic rings. The van der Waals surface area contributed by atoms with Crippen molar-refractivity contribution >= 4 is 5.91 Å². The van der Waals surface area contributed by atoms with Crippen LogP contribution in [0.1, 0.15) is 25.0 Å². The molecule has 0 unspecified atom stereocenters. The van der Waals surface area contributed by atoms with Gasteiger partial charge in [0.1, 0.15) is 5.75 Å². The summed E-state index contributed by atoms with van der Waals surface area (Å²) < 4.78 is 10.6. The molecule has 0 aromatic heterocycles. The first-order valence-electron chi connectivity index (χ1n) is 6.46. The fourth-order valence-corrected chi connectivity index (χ4v) is 1.91. The Morgan fingerprint density at radius 2 is 1.79 bits per heavy atom. The minimum Gasteiger partial charge on any atom is -0.481 e. The summed E-state index contributed by atoms with van der Waals surface area (Å²) in [7, 11) is 1.61. The van der Waals surface area contributed by atoms with E-state index in [1.54, 1.807) is 14.0 Å². The van der Waals surface area contributed by atoms with Crippen LogP contribution in [-0.4, -0.2) is 31.8 Å². The fourth-order valence-electron chi connectivity index (χ4n) is 1.91. The molecule has 4 nitrogen and oxygen atoms in total. The van der Waals surface area contributed by atoms with Crippen LogP contribution in [0.15, 0.2) is 18.2 Å². The number of aryl methyl sites for hydroxylation is 2. The molecule has 0 fully saturated rings. The maximum absolute atomic E-state index is 11.9. The van der Waals surface area contributed by atoms with Gasteiger partial charge >= 0.3 is 0 Å². The number of benzene rings is 1. The molecule has 0 aliphatic carbocycles. The average Bonchev–Trinajstić information content (AvgIpc) is 2.27. The lowest BCUT2D eigenvalue weighted by Gasteiger charge is -2.18. The van der Waals surface area contributed by atoms with Crippen molar-refractivity contribution in [1.82, 2.24) is 5.32 Å². The summed E-state index contributed by atoms with van der Waals surface area (Å²) in [5.74, 6) is 0.586. The number of hydrogen-bond acceptors (Lipinski definition) is 3. The van der Waals surface area contributed by atoms with E-state index in [2.05, 4.69) is 11.4 Å². The van der Waals surface area contributed by atoms with E-state index in [0.29, 0.717) is 6.61 Å². The maximum Gasteiger partial charge on any atom is 0.261 e. The van der Waals surface area contributed by atoms with Gasteiger partial charge in [0, 0.05) is 13.2 Å². The van der Waals surface area contributed by atoms with E-state index < -0.39 is 6.10 Å². The smallest absolute Gasteiger partial charge is 0.261 e. The Morgan fingerprint density at radius 3 is 2.32 bits per heavy atom. The summed E-state index contributed by atoms with van der Waals surface area (Å²) in [6.07, 6.45) is -0.527. The lowest BCUT2D eigenvalue weighted by molar-refractivity contribution is -0.128. The molecule has 0 saturated heterocycles. The number of amides is 1. The Kier molecular flexibility index (Phi) is 5.83. The largest absolute Gasteiger partial charge is 0.481 e. The van der Waals surface area contributed by atoms with Gasteiger partial charge in [-0.1, -0.05) is 6.07 Å². The first-order chi connectivity index (χ1) is 8.92. The molecule has 0 heterocycles. The molecule has 0 spiro atoms. The summed E-state index contributed by atoms with van der Waals surface area (Å²) in [5.41, 5.74) is 2.24. The normalized spacial score (nSPS) is 13.7. The van der Waals surface area contributed by atoms with Crippen LogP contribution in [0.4, 0.5) is 0 Å². The van der Waals surface area contributed by atoms with E-state index in [1.807, 2.05) is 32.9 Å².